The zero-order valence-corrected chi connectivity index (χ0v) is 19.0. The molecule has 0 spiro atoms. The van der Waals surface area contributed by atoms with Gasteiger partial charge in [-0.05, 0) is 49.9 Å². The zero-order chi connectivity index (χ0) is 22.6. The number of amides is 1. The van der Waals surface area contributed by atoms with Crippen molar-refractivity contribution in [2.24, 2.45) is 0 Å². The number of Topliss-reactive ketones (excluding diaryl/α,β-unsaturated/α-hetero) is 1. The first-order valence-corrected chi connectivity index (χ1v) is 12.0. The maximum atomic E-state index is 12.7. The first-order chi connectivity index (χ1) is 15.7. The van der Waals surface area contributed by atoms with Gasteiger partial charge in [0.15, 0.2) is 5.78 Å². The van der Waals surface area contributed by atoms with Gasteiger partial charge < -0.3 is 14.9 Å². The van der Waals surface area contributed by atoms with Crippen LogP contribution in [0.3, 0.4) is 0 Å². The number of piperidine rings is 1. The summed E-state index contributed by atoms with van der Waals surface area (Å²) in [6.45, 7) is 1.27. The maximum Gasteiger partial charge on any atom is 0.222 e. The van der Waals surface area contributed by atoms with Gasteiger partial charge in [-0.3, -0.25) is 9.59 Å². The number of para-hydroxylation sites is 2. The highest BCUT2D eigenvalue weighted by Gasteiger charge is 2.27. The van der Waals surface area contributed by atoms with Gasteiger partial charge >= 0.3 is 0 Å². The Kier molecular flexibility index (Phi) is 9.76. The minimum absolute atomic E-state index is 0.0818. The number of anilines is 2. The molecule has 1 N–H and O–H groups in total. The summed E-state index contributed by atoms with van der Waals surface area (Å²) in [5, 5.41) is 8.73. The van der Waals surface area contributed by atoms with E-state index in [4.69, 9.17) is 5.11 Å². The van der Waals surface area contributed by atoms with Crippen LogP contribution in [0.2, 0.25) is 0 Å². The Bertz CT molecular complexity index is 778. The number of likely N-dealkylation sites (tertiary alicyclic amines) is 1. The third kappa shape index (κ3) is 7.20. The highest BCUT2D eigenvalue weighted by molar-refractivity contribution is 5.79. The van der Waals surface area contributed by atoms with Gasteiger partial charge in [-0.25, -0.2) is 0 Å². The van der Waals surface area contributed by atoms with E-state index in [-0.39, 0.29) is 18.3 Å². The van der Waals surface area contributed by atoms with Crippen molar-refractivity contribution >= 4 is 23.1 Å². The van der Waals surface area contributed by atoms with Crippen molar-refractivity contribution in [3.05, 3.63) is 60.7 Å². The number of carbonyl (C=O) groups is 2. The summed E-state index contributed by atoms with van der Waals surface area (Å²) in [7, 11) is 0. The van der Waals surface area contributed by atoms with Gasteiger partial charge in [-0.2, -0.15) is 0 Å². The Hall–Kier alpha value is -2.66. The van der Waals surface area contributed by atoms with Crippen molar-refractivity contribution in [1.82, 2.24) is 4.90 Å². The van der Waals surface area contributed by atoms with Crippen molar-refractivity contribution in [1.29, 1.82) is 0 Å². The molecule has 0 bridgehead atoms. The van der Waals surface area contributed by atoms with Crippen LogP contribution in [0.5, 0.6) is 0 Å². The molecular weight excluding hydrogens is 400 g/mol. The van der Waals surface area contributed by atoms with E-state index in [0.717, 1.165) is 58.0 Å². The van der Waals surface area contributed by atoms with Gasteiger partial charge in [0.05, 0.1) is 0 Å². The Morgan fingerprint density at radius 3 is 1.81 bits per heavy atom. The molecule has 0 unspecified atom stereocenters. The lowest BCUT2D eigenvalue weighted by molar-refractivity contribution is -0.132. The van der Waals surface area contributed by atoms with Crippen LogP contribution in [-0.4, -0.2) is 47.4 Å². The second-order valence-electron chi connectivity index (χ2n) is 8.62. The number of carbonyl (C=O) groups excluding carboxylic acids is 2. The first-order valence-electron chi connectivity index (χ1n) is 12.0. The lowest BCUT2D eigenvalue weighted by atomic mass is 10.00. The second-order valence-corrected chi connectivity index (χ2v) is 8.62. The molecule has 5 nitrogen and oxygen atoms in total. The molecule has 5 heteroatoms. The Labute approximate surface area is 192 Å². The van der Waals surface area contributed by atoms with Gasteiger partial charge in [0.25, 0.3) is 0 Å². The number of benzene rings is 2. The molecule has 2 aromatic rings. The molecule has 172 valence electrons. The predicted molar refractivity (Wildman–Crippen MR) is 129 cm³/mol. The number of ketones is 1. The SMILES string of the molecule is O=C(CO)CCCCCCCC(=O)N1CCC(N(c2ccccc2)c2ccccc2)CC1. The largest absolute Gasteiger partial charge is 0.389 e. The molecule has 1 heterocycles. The van der Waals surface area contributed by atoms with Gasteiger partial charge in [0.2, 0.25) is 5.91 Å². The van der Waals surface area contributed by atoms with Crippen LogP contribution in [0.1, 0.15) is 57.8 Å². The summed E-state index contributed by atoms with van der Waals surface area (Å²) in [6.07, 6.45) is 7.80. The van der Waals surface area contributed by atoms with E-state index in [0.29, 0.717) is 18.9 Å². The minimum Gasteiger partial charge on any atom is -0.389 e. The van der Waals surface area contributed by atoms with E-state index in [1.165, 1.54) is 11.4 Å². The maximum absolute atomic E-state index is 12.7. The highest BCUT2D eigenvalue weighted by atomic mass is 16.3. The van der Waals surface area contributed by atoms with Crippen LogP contribution in [0, 0.1) is 0 Å². The van der Waals surface area contributed by atoms with E-state index in [2.05, 4.69) is 53.4 Å². The minimum atomic E-state index is -0.348. The van der Waals surface area contributed by atoms with Crippen LogP contribution in [0.15, 0.2) is 60.7 Å². The Morgan fingerprint density at radius 1 is 0.781 bits per heavy atom. The van der Waals surface area contributed by atoms with Crippen LogP contribution in [-0.2, 0) is 9.59 Å². The number of hydrogen-bond acceptors (Lipinski definition) is 4. The van der Waals surface area contributed by atoms with Gasteiger partial charge in [0, 0.05) is 43.3 Å². The number of aliphatic hydroxyl groups excluding tert-OH is 1. The summed E-state index contributed by atoms with van der Waals surface area (Å²) in [5.74, 6) is 0.187. The third-order valence-electron chi connectivity index (χ3n) is 6.27. The fraction of sp³-hybridized carbons (Fsp3) is 0.481. The van der Waals surface area contributed by atoms with Gasteiger partial charge in [-0.1, -0.05) is 55.7 Å². The lowest BCUT2D eigenvalue weighted by Crippen LogP contribution is -2.45. The van der Waals surface area contributed by atoms with Crippen LogP contribution in [0.25, 0.3) is 0 Å². The Morgan fingerprint density at radius 2 is 1.28 bits per heavy atom. The van der Waals surface area contributed by atoms with E-state index >= 15 is 0 Å². The quantitative estimate of drug-likeness (QED) is 0.470. The number of rotatable bonds is 12. The molecule has 0 aromatic heterocycles. The van der Waals surface area contributed by atoms with Crippen LogP contribution in [0.4, 0.5) is 11.4 Å². The van der Waals surface area contributed by atoms with E-state index < -0.39 is 0 Å². The molecule has 0 aliphatic carbocycles. The van der Waals surface area contributed by atoms with Crippen LogP contribution < -0.4 is 4.90 Å². The van der Waals surface area contributed by atoms with E-state index in [1.807, 2.05) is 17.0 Å². The molecule has 1 aliphatic rings. The molecule has 0 atom stereocenters. The van der Waals surface area contributed by atoms with Gasteiger partial charge in [0.1, 0.15) is 6.61 Å². The Balaban J connectivity index is 1.43. The fourth-order valence-corrected chi connectivity index (χ4v) is 4.49. The molecule has 2 aromatic carbocycles. The number of aliphatic hydroxyl groups is 1. The second kappa shape index (κ2) is 13.0. The van der Waals surface area contributed by atoms with Gasteiger partial charge in [-0.15, -0.1) is 0 Å². The summed E-state index contributed by atoms with van der Waals surface area (Å²) < 4.78 is 0. The molecule has 1 amide bonds. The summed E-state index contributed by atoms with van der Waals surface area (Å²) in [5.41, 5.74) is 2.40. The summed E-state index contributed by atoms with van der Waals surface area (Å²) in [4.78, 5) is 28.2. The number of nitrogens with zero attached hydrogens (tertiary/aromatic N) is 2. The molecule has 1 aliphatic heterocycles. The van der Waals surface area contributed by atoms with E-state index in [1.54, 1.807) is 0 Å². The van der Waals surface area contributed by atoms with Crippen molar-refractivity contribution in [3.8, 4) is 0 Å². The molecule has 0 saturated carbocycles. The zero-order valence-electron chi connectivity index (χ0n) is 19.0. The summed E-state index contributed by atoms with van der Waals surface area (Å²) >= 11 is 0. The molecule has 1 fully saturated rings. The number of unbranched alkanes of at least 4 members (excludes halogenated alkanes) is 4. The highest BCUT2D eigenvalue weighted by Crippen LogP contribution is 2.31. The average Bonchev–Trinajstić information content (AvgIpc) is 2.85. The first kappa shape index (κ1) is 24.0. The number of hydrogen-bond donors (Lipinski definition) is 1. The molecule has 32 heavy (non-hydrogen) atoms. The fourth-order valence-electron chi connectivity index (χ4n) is 4.49. The normalized spacial score (nSPS) is 14.3. The smallest absolute Gasteiger partial charge is 0.222 e. The average molecular weight is 437 g/mol. The molecule has 1 saturated heterocycles. The third-order valence-corrected chi connectivity index (χ3v) is 6.27. The molecule has 3 rings (SSSR count). The molecule has 0 radical (unpaired) electrons. The van der Waals surface area contributed by atoms with Crippen molar-refractivity contribution in [2.75, 3.05) is 24.6 Å². The predicted octanol–water partition coefficient (Wildman–Crippen LogP) is 5.11. The topological polar surface area (TPSA) is 60.9 Å². The molecular formula is C27H36N2O3. The monoisotopic (exact) mass is 436 g/mol. The van der Waals surface area contributed by atoms with E-state index in [9.17, 15) is 9.59 Å². The van der Waals surface area contributed by atoms with Crippen molar-refractivity contribution < 1.29 is 14.7 Å². The van der Waals surface area contributed by atoms with Crippen molar-refractivity contribution in [2.45, 2.75) is 63.8 Å². The van der Waals surface area contributed by atoms with Crippen molar-refractivity contribution in [3.63, 3.8) is 0 Å². The standard InChI is InChI=1S/C27H36N2O3/c30-22-26(31)16-10-2-1-3-11-17-27(32)28-20-18-25(19-21-28)29(23-12-6-4-7-13-23)24-14-8-5-9-15-24/h4-9,12-15,25,30H,1-3,10-11,16-22H2. The lowest BCUT2D eigenvalue weighted by Gasteiger charge is -2.40. The van der Waals surface area contributed by atoms with Crippen LogP contribution >= 0.6 is 0 Å². The summed E-state index contributed by atoms with van der Waals surface area (Å²) in [6, 6.07) is 21.4.